The van der Waals surface area contributed by atoms with E-state index in [0.29, 0.717) is 29.0 Å². The second-order valence-corrected chi connectivity index (χ2v) is 4.14. The number of ether oxygens (including phenoxy) is 3. The van der Waals surface area contributed by atoms with Crippen LogP contribution in [0.25, 0.3) is 0 Å². The van der Waals surface area contributed by atoms with Gasteiger partial charge in [0.15, 0.2) is 0 Å². The lowest BCUT2D eigenvalue weighted by Crippen LogP contribution is -2.14. The molecule has 1 unspecified atom stereocenters. The van der Waals surface area contributed by atoms with Gasteiger partial charge in [-0.3, -0.25) is 0 Å². The molecule has 1 aromatic rings. The van der Waals surface area contributed by atoms with Gasteiger partial charge in [0.25, 0.3) is 0 Å². The Hall–Kier alpha value is -1.75. The van der Waals surface area contributed by atoms with E-state index in [1.54, 1.807) is 26.0 Å². The van der Waals surface area contributed by atoms with E-state index in [1.807, 2.05) is 0 Å². The highest BCUT2D eigenvalue weighted by Crippen LogP contribution is 2.30. The molecule has 5 heteroatoms. The zero-order valence-electron chi connectivity index (χ0n) is 11.7. The third-order valence-electron chi connectivity index (χ3n) is 2.61. The smallest absolute Gasteiger partial charge is 0.342 e. The standard InChI is InChI=1S/C14H20O5/c1-5-19-14(16)13-10(6-9(2)15)7-11(17-3)8-12(13)18-4/h7-9,15H,5-6H2,1-4H3. The lowest BCUT2D eigenvalue weighted by Gasteiger charge is -2.15. The van der Waals surface area contributed by atoms with Crippen LogP contribution in [0.5, 0.6) is 11.5 Å². The molecule has 0 aliphatic rings. The third kappa shape index (κ3) is 3.86. The Morgan fingerprint density at radius 1 is 1.32 bits per heavy atom. The zero-order chi connectivity index (χ0) is 14.4. The molecule has 0 radical (unpaired) electrons. The van der Waals surface area contributed by atoms with Crippen LogP contribution in [0.1, 0.15) is 29.8 Å². The number of esters is 1. The quantitative estimate of drug-likeness (QED) is 0.797. The number of hydrogen-bond donors (Lipinski definition) is 1. The van der Waals surface area contributed by atoms with Crippen LogP contribution in [-0.2, 0) is 11.2 Å². The van der Waals surface area contributed by atoms with Crippen molar-refractivity contribution in [2.75, 3.05) is 20.8 Å². The molecule has 0 aliphatic heterocycles. The first-order chi connectivity index (χ1) is 9.03. The number of carbonyl (C=O) groups is 1. The fourth-order valence-corrected chi connectivity index (χ4v) is 1.84. The number of hydrogen-bond acceptors (Lipinski definition) is 5. The van der Waals surface area contributed by atoms with Crippen molar-refractivity contribution in [1.82, 2.24) is 0 Å². The van der Waals surface area contributed by atoms with Crippen molar-refractivity contribution < 1.29 is 24.1 Å². The van der Waals surface area contributed by atoms with Gasteiger partial charge in [-0.1, -0.05) is 0 Å². The summed E-state index contributed by atoms with van der Waals surface area (Å²) in [7, 11) is 3.01. The molecule has 0 bridgehead atoms. The maximum Gasteiger partial charge on any atom is 0.342 e. The lowest BCUT2D eigenvalue weighted by atomic mass is 10.0. The molecular formula is C14H20O5. The molecule has 0 amide bonds. The van der Waals surface area contributed by atoms with Gasteiger partial charge in [-0.25, -0.2) is 4.79 Å². The molecule has 0 aliphatic carbocycles. The molecule has 5 nitrogen and oxygen atoms in total. The van der Waals surface area contributed by atoms with Crippen molar-refractivity contribution in [3.8, 4) is 11.5 Å². The van der Waals surface area contributed by atoms with E-state index in [-0.39, 0.29) is 6.61 Å². The van der Waals surface area contributed by atoms with Gasteiger partial charge < -0.3 is 19.3 Å². The van der Waals surface area contributed by atoms with E-state index in [1.165, 1.54) is 14.2 Å². The van der Waals surface area contributed by atoms with Crippen LogP contribution in [-0.4, -0.2) is 38.0 Å². The number of aliphatic hydroxyl groups is 1. The molecule has 106 valence electrons. The summed E-state index contributed by atoms with van der Waals surface area (Å²) in [6.07, 6.45) is -0.258. The summed E-state index contributed by atoms with van der Waals surface area (Å²) in [5.41, 5.74) is 0.982. The van der Waals surface area contributed by atoms with Gasteiger partial charge in [0.05, 0.1) is 26.9 Å². The van der Waals surface area contributed by atoms with Crippen LogP contribution < -0.4 is 9.47 Å². The molecular weight excluding hydrogens is 248 g/mol. The van der Waals surface area contributed by atoms with Crippen molar-refractivity contribution in [2.24, 2.45) is 0 Å². The minimum atomic E-state index is -0.579. The Kier molecular flexibility index (Phi) is 5.63. The van der Waals surface area contributed by atoms with Crippen LogP contribution >= 0.6 is 0 Å². The molecule has 0 spiro atoms. The Morgan fingerprint density at radius 3 is 2.47 bits per heavy atom. The number of aliphatic hydroxyl groups excluding tert-OH is 1. The van der Waals surface area contributed by atoms with Crippen LogP contribution in [0.4, 0.5) is 0 Å². The van der Waals surface area contributed by atoms with E-state index in [4.69, 9.17) is 14.2 Å². The summed E-state index contributed by atoms with van der Waals surface area (Å²) < 4.78 is 15.4. The average molecular weight is 268 g/mol. The normalized spacial score (nSPS) is 11.8. The van der Waals surface area contributed by atoms with E-state index >= 15 is 0 Å². The van der Waals surface area contributed by atoms with Gasteiger partial charge >= 0.3 is 5.97 Å². The zero-order valence-corrected chi connectivity index (χ0v) is 11.7. The largest absolute Gasteiger partial charge is 0.497 e. The summed E-state index contributed by atoms with van der Waals surface area (Å²) in [5.74, 6) is 0.492. The summed E-state index contributed by atoms with van der Waals surface area (Å²) in [6, 6.07) is 3.33. The second kappa shape index (κ2) is 6.99. The highest BCUT2D eigenvalue weighted by atomic mass is 16.5. The maximum atomic E-state index is 12.0. The summed E-state index contributed by atoms with van der Waals surface area (Å²) in [5, 5.41) is 9.54. The van der Waals surface area contributed by atoms with Crippen molar-refractivity contribution in [3.05, 3.63) is 23.3 Å². The lowest BCUT2D eigenvalue weighted by molar-refractivity contribution is 0.0520. The summed E-state index contributed by atoms with van der Waals surface area (Å²) in [4.78, 5) is 12.0. The molecule has 19 heavy (non-hydrogen) atoms. The van der Waals surface area contributed by atoms with Gasteiger partial charge in [0, 0.05) is 6.07 Å². The maximum absolute atomic E-state index is 12.0. The first-order valence-electron chi connectivity index (χ1n) is 6.13. The molecule has 0 saturated carbocycles. The molecule has 1 aromatic carbocycles. The number of carbonyl (C=O) groups excluding carboxylic acids is 1. The number of rotatable bonds is 6. The fourth-order valence-electron chi connectivity index (χ4n) is 1.84. The van der Waals surface area contributed by atoms with E-state index in [0.717, 1.165) is 0 Å². The molecule has 0 heterocycles. The van der Waals surface area contributed by atoms with Gasteiger partial charge in [-0.2, -0.15) is 0 Å². The van der Waals surface area contributed by atoms with Gasteiger partial charge in [0.2, 0.25) is 0 Å². The van der Waals surface area contributed by atoms with Crippen molar-refractivity contribution >= 4 is 5.97 Å². The molecule has 1 N–H and O–H groups in total. The Morgan fingerprint density at radius 2 is 2.00 bits per heavy atom. The minimum Gasteiger partial charge on any atom is -0.497 e. The van der Waals surface area contributed by atoms with Gasteiger partial charge in [-0.05, 0) is 31.9 Å². The molecule has 0 fully saturated rings. The first-order valence-corrected chi connectivity index (χ1v) is 6.13. The summed E-state index contributed by atoms with van der Waals surface area (Å²) >= 11 is 0. The molecule has 1 rings (SSSR count). The molecule has 0 saturated heterocycles. The van der Waals surface area contributed by atoms with Crippen LogP contribution in [0, 0.1) is 0 Å². The average Bonchev–Trinajstić information content (AvgIpc) is 2.37. The monoisotopic (exact) mass is 268 g/mol. The Balaban J connectivity index is 3.32. The van der Waals surface area contributed by atoms with Crippen molar-refractivity contribution in [2.45, 2.75) is 26.4 Å². The number of methoxy groups -OCH3 is 2. The van der Waals surface area contributed by atoms with Gasteiger partial charge in [-0.15, -0.1) is 0 Å². The first kappa shape index (κ1) is 15.3. The van der Waals surface area contributed by atoms with Crippen molar-refractivity contribution in [3.63, 3.8) is 0 Å². The Labute approximate surface area is 113 Å². The van der Waals surface area contributed by atoms with E-state index < -0.39 is 12.1 Å². The third-order valence-corrected chi connectivity index (χ3v) is 2.61. The SMILES string of the molecule is CCOC(=O)c1c(CC(C)O)cc(OC)cc1OC. The predicted octanol–water partition coefficient (Wildman–Crippen LogP) is 1.80. The predicted molar refractivity (Wildman–Crippen MR) is 70.9 cm³/mol. The van der Waals surface area contributed by atoms with E-state index in [2.05, 4.69) is 0 Å². The van der Waals surface area contributed by atoms with Crippen molar-refractivity contribution in [1.29, 1.82) is 0 Å². The van der Waals surface area contributed by atoms with Crippen LogP contribution in [0.3, 0.4) is 0 Å². The highest BCUT2D eigenvalue weighted by Gasteiger charge is 2.21. The fraction of sp³-hybridized carbons (Fsp3) is 0.500. The van der Waals surface area contributed by atoms with Crippen LogP contribution in [0.2, 0.25) is 0 Å². The molecule has 1 atom stereocenters. The highest BCUT2D eigenvalue weighted by molar-refractivity contribution is 5.94. The Bertz CT molecular complexity index is 440. The summed E-state index contributed by atoms with van der Waals surface area (Å²) in [6.45, 7) is 3.67. The topological polar surface area (TPSA) is 65.0 Å². The van der Waals surface area contributed by atoms with Gasteiger partial charge in [0.1, 0.15) is 17.1 Å². The van der Waals surface area contributed by atoms with E-state index in [9.17, 15) is 9.90 Å². The minimum absolute atomic E-state index is 0.280. The van der Waals surface area contributed by atoms with Crippen LogP contribution in [0.15, 0.2) is 12.1 Å². The second-order valence-electron chi connectivity index (χ2n) is 4.14. The number of benzene rings is 1. The molecule has 0 aromatic heterocycles.